The molecule has 6 heteroatoms. The molecule has 1 fully saturated rings. The minimum absolute atomic E-state index is 0.0518. The molecular weight excluding hydrogens is 372 g/mol. The second-order valence-electron chi connectivity index (χ2n) is 6.94. The van der Waals surface area contributed by atoms with E-state index in [4.69, 9.17) is 4.74 Å². The van der Waals surface area contributed by atoms with Gasteiger partial charge in [0.2, 0.25) is 17.4 Å². The summed E-state index contributed by atoms with van der Waals surface area (Å²) in [5, 5.41) is 1.63. The Labute approximate surface area is 158 Å². The third-order valence-corrected chi connectivity index (χ3v) is 5.09. The Morgan fingerprint density at radius 3 is 2.21 bits per heavy atom. The summed E-state index contributed by atoms with van der Waals surface area (Å²) in [5.41, 5.74) is -0.714. The molecule has 0 saturated heterocycles. The van der Waals surface area contributed by atoms with Gasteiger partial charge in [0.25, 0.3) is 0 Å². The second-order valence-corrected chi connectivity index (χ2v) is 6.94. The van der Waals surface area contributed by atoms with Gasteiger partial charge in [-0.15, -0.1) is 0 Å². The minimum atomic E-state index is -1.60. The third-order valence-electron chi connectivity index (χ3n) is 5.09. The highest BCUT2D eigenvalue weighted by atomic mass is 19.2. The second kappa shape index (κ2) is 7.26. The molecular formula is C22H16F4O2. The molecule has 2 nitrogen and oxygen atoms in total. The molecule has 0 aliphatic heterocycles. The maximum atomic E-state index is 14.6. The fourth-order valence-corrected chi connectivity index (χ4v) is 3.70. The van der Waals surface area contributed by atoms with E-state index < -0.39 is 40.5 Å². The molecule has 3 aromatic rings. The highest BCUT2D eigenvalue weighted by Gasteiger charge is 2.33. The summed E-state index contributed by atoms with van der Waals surface area (Å²) < 4.78 is 63.5. The number of Topliss-reactive ketones (excluding diaryl/α,β-unsaturated/α-hetero) is 1. The van der Waals surface area contributed by atoms with Gasteiger partial charge in [0.05, 0.1) is 0 Å². The fraction of sp³-hybridized carbons (Fsp3) is 0.227. The van der Waals surface area contributed by atoms with E-state index in [2.05, 4.69) is 0 Å². The number of fused-ring (bicyclic) bond motifs is 1. The van der Waals surface area contributed by atoms with Gasteiger partial charge < -0.3 is 4.74 Å². The van der Waals surface area contributed by atoms with Crippen molar-refractivity contribution in [2.24, 2.45) is 0 Å². The van der Waals surface area contributed by atoms with E-state index in [0.29, 0.717) is 19.3 Å². The Kier molecular flexibility index (Phi) is 4.79. The maximum Gasteiger partial charge on any atom is 0.204 e. The zero-order valence-corrected chi connectivity index (χ0v) is 14.8. The van der Waals surface area contributed by atoms with Crippen LogP contribution in [0.3, 0.4) is 0 Å². The van der Waals surface area contributed by atoms with Crippen LogP contribution in [0.5, 0.6) is 11.5 Å². The summed E-state index contributed by atoms with van der Waals surface area (Å²) in [6, 6.07) is 11.9. The molecule has 0 bridgehead atoms. The first-order valence-electron chi connectivity index (χ1n) is 9.00. The number of ether oxygens (including phenoxy) is 1. The normalized spacial score (nSPS) is 17.1. The average Bonchev–Trinajstić information content (AvgIpc) is 2.70. The van der Waals surface area contributed by atoms with Gasteiger partial charge in [-0.3, -0.25) is 4.79 Å². The Balaban J connectivity index is 1.74. The van der Waals surface area contributed by atoms with E-state index in [0.717, 1.165) is 10.8 Å². The highest BCUT2D eigenvalue weighted by Crippen LogP contribution is 2.40. The van der Waals surface area contributed by atoms with E-state index in [1.54, 1.807) is 18.2 Å². The fourth-order valence-electron chi connectivity index (χ4n) is 3.70. The largest absolute Gasteiger partial charge is 0.451 e. The van der Waals surface area contributed by atoms with E-state index in [9.17, 15) is 22.4 Å². The van der Waals surface area contributed by atoms with Crippen molar-refractivity contribution in [1.29, 1.82) is 0 Å². The van der Waals surface area contributed by atoms with Crippen molar-refractivity contribution in [3.05, 3.63) is 71.3 Å². The summed E-state index contributed by atoms with van der Waals surface area (Å²) in [7, 11) is 0. The smallest absolute Gasteiger partial charge is 0.204 e. The molecule has 0 N–H and O–H groups in total. The standard InChI is InChI=1S/C22H16F4O2/c23-18-17(14-6-3-7-15(27)10-14)19(24)21(26)22(20(18)25)28-16-9-8-12-4-1-2-5-13(12)11-16/h1-2,4-5,8-9,11,14H,3,6-7,10H2. The van der Waals surface area contributed by atoms with Crippen LogP contribution < -0.4 is 4.74 Å². The van der Waals surface area contributed by atoms with E-state index in [-0.39, 0.29) is 18.0 Å². The van der Waals surface area contributed by atoms with E-state index >= 15 is 0 Å². The molecule has 4 rings (SSSR count). The summed E-state index contributed by atoms with van der Waals surface area (Å²) in [5.74, 6) is -8.33. The zero-order valence-electron chi connectivity index (χ0n) is 14.8. The lowest BCUT2D eigenvalue weighted by Crippen LogP contribution is -2.18. The topological polar surface area (TPSA) is 26.3 Å². The summed E-state index contributed by atoms with van der Waals surface area (Å²) in [4.78, 5) is 11.6. The van der Waals surface area contributed by atoms with Gasteiger partial charge in [-0.2, -0.15) is 8.78 Å². The first kappa shape index (κ1) is 18.5. The van der Waals surface area contributed by atoms with Crippen LogP contribution in [-0.4, -0.2) is 5.78 Å². The molecule has 3 aromatic carbocycles. The van der Waals surface area contributed by atoms with Crippen molar-refractivity contribution in [2.75, 3.05) is 0 Å². The van der Waals surface area contributed by atoms with Crippen molar-refractivity contribution in [3.8, 4) is 11.5 Å². The lowest BCUT2D eigenvalue weighted by Gasteiger charge is -2.23. The van der Waals surface area contributed by atoms with Gasteiger partial charge in [0.1, 0.15) is 11.5 Å². The number of ketones is 1. The van der Waals surface area contributed by atoms with Gasteiger partial charge in [-0.05, 0) is 41.7 Å². The van der Waals surface area contributed by atoms with Crippen LogP contribution in [0.4, 0.5) is 17.6 Å². The highest BCUT2D eigenvalue weighted by molar-refractivity contribution is 5.83. The van der Waals surface area contributed by atoms with Crippen LogP contribution in [0.25, 0.3) is 10.8 Å². The molecule has 1 saturated carbocycles. The van der Waals surface area contributed by atoms with Crippen molar-refractivity contribution in [1.82, 2.24) is 0 Å². The number of hydrogen-bond acceptors (Lipinski definition) is 2. The van der Waals surface area contributed by atoms with E-state index in [1.807, 2.05) is 12.1 Å². The quantitative estimate of drug-likeness (QED) is 0.383. The summed E-state index contributed by atoms with van der Waals surface area (Å²) >= 11 is 0. The number of halogens is 4. The number of benzene rings is 3. The van der Waals surface area contributed by atoms with Crippen LogP contribution in [0.15, 0.2) is 42.5 Å². The van der Waals surface area contributed by atoms with Crippen molar-refractivity contribution >= 4 is 16.6 Å². The van der Waals surface area contributed by atoms with Crippen LogP contribution in [-0.2, 0) is 4.79 Å². The monoisotopic (exact) mass is 388 g/mol. The van der Waals surface area contributed by atoms with Gasteiger partial charge in [-0.25, -0.2) is 8.78 Å². The number of hydrogen-bond donors (Lipinski definition) is 0. The Morgan fingerprint density at radius 2 is 1.54 bits per heavy atom. The Morgan fingerprint density at radius 1 is 0.857 bits per heavy atom. The molecule has 1 atom stereocenters. The molecule has 1 aliphatic rings. The molecule has 0 radical (unpaired) electrons. The average molecular weight is 388 g/mol. The Bertz CT molecular complexity index is 1050. The summed E-state index contributed by atoms with van der Waals surface area (Å²) in [6.45, 7) is 0. The number of rotatable bonds is 3. The minimum Gasteiger partial charge on any atom is -0.451 e. The summed E-state index contributed by atoms with van der Waals surface area (Å²) in [6.07, 6.45) is 0.912. The van der Waals surface area contributed by atoms with E-state index in [1.165, 1.54) is 12.1 Å². The van der Waals surface area contributed by atoms with Gasteiger partial charge >= 0.3 is 0 Å². The molecule has 0 heterocycles. The predicted molar refractivity (Wildman–Crippen MR) is 96.5 cm³/mol. The molecule has 0 amide bonds. The Hall–Kier alpha value is -2.89. The lowest BCUT2D eigenvalue weighted by molar-refractivity contribution is -0.120. The SMILES string of the molecule is O=C1CCCC(c2c(F)c(F)c(Oc3ccc4ccccc4c3)c(F)c2F)C1. The first-order valence-corrected chi connectivity index (χ1v) is 9.00. The van der Waals surface area contributed by atoms with Gasteiger partial charge in [-0.1, -0.05) is 30.3 Å². The van der Waals surface area contributed by atoms with Crippen molar-refractivity contribution in [2.45, 2.75) is 31.6 Å². The number of carbonyl (C=O) groups excluding carboxylic acids is 1. The molecule has 144 valence electrons. The maximum absolute atomic E-state index is 14.6. The van der Waals surface area contributed by atoms with Crippen molar-refractivity contribution < 1.29 is 27.1 Å². The first-order chi connectivity index (χ1) is 13.5. The third kappa shape index (κ3) is 3.23. The van der Waals surface area contributed by atoms with Crippen LogP contribution in [0, 0.1) is 23.3 Å². The van der Waals surface area contributed by atoms with Crippen LogP contribution in [0.1, 0.15) is 37.2 Å². The van der Waals surface area contributed by atoms with Crippen LogP contribution in [0.2, 0.25) is 0 Å². The molecule has 0 spiro atoms. The number of carbonyl (C=O) groups is 1. The zero-order chi connectivity index (χ0) is 19.8. The van der Waals surface area contributed by atoms with Gasteiger partial charge in [0, 0.05) is 18.4 Å². The predicted octanol–water partition coefficient (Wildman–Crippen LogP) is 6.42. The molecule has 1 unspecified atom stereocenters. The molecule has 0 aromatic heterocycles. The van der Waals surface area contributed by atoms with Crippen molar-refractivity contribution in [3.63, 3.8) is 0 Å². The molecule has 1 aliphatic carbocycles. The molecule has 28 heavy (non-hydrogen) atoms. The lowest BCUT2D eigenvalue weighted by atomic mass is 9.82. The van der Waals surface area contributed by atoms with Gasteiger partial charge in [0.15, 0.2) is 11.6 Å². The van der Waals surface area contributed by atoms with Crippen LogP contribution >= 0.6 is 0 Å².